The molecule has 1 heterocycles. The fraction of sp³-hybridized carbons (Fsp3) is 0.500. The second-order valence-electron chi connectivity index (χ2n) is 6.18. The van der Waals surface area contributed by atoms with Crippen molar-refractivity contribution < 1.29 is 0 Å². The number of aryl methyl sites for hydroxylation is 3. The van der Waals surface area contributed by atoms with Crippen LogP contribution in [0.5, 0.6) is 0 Å². The van der Waals surface area contributed by atoms with Crippen molar-refractivity contribution in [2.45, 2.75) is 41.0 Å². The summed E-state index contributed by atoms with van der Waals surface area (Å²) in [6, 6.07) is 6.61. The number of hydrogen-bond acceptors (Lipinski definition) is 3. The molecule has 0 spiro atoms. The Kier molecular flexibility index (Phi) is 5.54. The summed E-state index contributed by atoms with van der Waals surface area (Å²) in [6.45, 7) is 13.0. The average Bonchev–Trinajstić information content (AvgIpc) is 2.76. The smallest absolute Gasteiger partial charge is 0.0948 e. The van der Waals surface area contributed by atoms with E-state index < -0.39 is 0 Å². The van der Waals surface area contributed by atoms with Gasteiger partial charge in [0.2, 0.25) is 0 Å². The van der Waals surface area contributed by atoms with Gasteiger partial charge in [-0.1, -0.05) is 37.6 Å². The molecule has 0 saturated carbocycles. The molecule has 0 radical (unpaired) electrons. The van der Waals surface area contributed by atoms with Gasteiger partial charge in [0.25, 0.3) is 0 Å². The highest BCUT2D eigenvalue weighted by Gasteiger charge is 2.11. The fourth-order valence-corrected chi connectivity index (χ4v) is 3.42. The summed E-state index contributed by atoms with van der Waals surface area (Å²) in [4.78, 5) is 6.19. The van der Waals surface area contributed by atoms with E-state index in [2.05, 4.69) is 58.1 Å². The van der Waals surface area contributed by atoms with Gasteiger partial charge in [-0.2, -0.15) is 0 Å². The van der Waals surface area contributed by atoms with E-state index in [9.17, 15) is 0 Å². The van der Waals surface area contributed by atoms with Gasteiger partial charge in [-0.15, -0.1) is 11.3 Å². The summed E-state index contributed by atoms with van der Waals surface area (Å²) in [5.74, 6) is 0.703. The van der Waals surface area contributed by atoms with Gasteiger partial charge in [0.05, 0.1) is 10.7 Å². The van der Waals surface area contributed by atoms with Crippen molar-refractivity contribution in [2.75, 3.05) is 13.1 Å². The molecule has 1 aromatic heterocycles. The highest BCUT2D eigenvalue weighted by Crippen LogP contribution is 2.30. The second kappa shape index (κ2) is 7.19. The molecule has 2 nitrogen and oxygen atoms in total. The lowest BCUT2D eigenvalue weighted by molar-refractivity contribution is 0.554. The summed E-state index contributed by atoms with van der Waals surface area (Å²) in [7, 11) is 0. The predicted octanol–water partition coefficient (Wildman–Crippen LogP) is 4.52. The third kappa shape index (κ3) is 4.39. The van der Waals surface area contributed by atoms with Crippen molar-refractivity contribution in [3.63, 3.8) is 0 Å². The van der Waals surface area contributed by atoms with E-state index in [-0.39, 0.29) is 0 Å². The van der Waals surface area contributed by atoms with E-state index in [4.69, 9.17) is 4.98 Å². The number of rotatable bonds is 6. The zero-order chi connectivity index (χ0) is 15.4. The first kappa shape index (κ1) is 16.2. The van der Waals surface area contributed by atoms with Crippen LogP contribution in [0, 0.1) is 26.7 Å². The lowest BCUT2D eigenvalue weighted by atomic mass is 10.0. The van der Waals surface area contributed by atoms with Crippen LogP contribution >= 0.6 is 11.3 Å². The first-order valence-electron chi connectivity index (χ1n) is 7.72. The molecule has 0 unspecified atom stereocenters. The molecule has 3 heteroatoms. The fourth-order valence-electron chi connectivity index (χ4n) is 2.47. The Labute approximate surface area is 132 Å². The molecular formula is C18H26N2S. The first-order chi connectivity index (χ1) is 9.97. The van der Waals surface area contributed by atoms with Crippen molar-refractivity contribution >= 4 is 11.3 Å². The maximum atomic E-state index is 4.87. The number of nitrogens with one attached hydrogen (secondary N) is 1. The maximum absolute atomic E-state index is 4.87. The molecule has 1 N–H and O–H groups in total. The second-order valence-corrected chi connectivity index (χ2v) is 7.47. The molecule has 0 aliphatic carbocycles. The lowest BCUT2D eigenvalue weighted by Gasteiger charge is -2.06. The molecule has 0 fully saturated rings. The molecule has 2 rings (SSSR count). The van der Waals surface area contributed by atoms with E-state index in [0.717, 1.165) is 25.2 Å². The van der Waals surface area contributed by atoms with Crippen molar-refractivity contribution in [1.29, 1.82) is 0 Å². The molecule has 0 aliphatic heterocycles. The average molecular weight is 302 g/mol. The Morgan fingerprint density at radius 2 is 1.95 bits per heavy atom. The molecule has 0 amide bonds. The van der Waals surface area contributed by atoms with E-state index in [1.165, 1.54) is 26.6 Å². The molecule has 1 aromatic carbocycles. The van der Waals surface area contributed by atoms with E-state index in [1.807, 2.05) is 11.3 Å². The Hall–Kier alpha value is -1.19. The van der Waals surface area contributed by atoms with Gasteiger partial charge in [0.1, 0.15) is 0 Å². The molecule has 0 bridgehead atoms. The number of thiazole rings is 1. The Morgan fingerprint density at radius 3 is 2.62 bits per heavy atom. The van der Waals surface area contributed by atoms with Crippen molar-refractivity contribution in [1.82, 2.24) is 10.3 Å². The summed E-state index contributed by atoms with van der Waals surface area (Å²) in [6.07, 6.45) is 1.02. The Morgan fingerprint density at radius 1 is 1.19 bits per heavy atom. The van der Waals surface area contributed by atoms with Crippen LogP contribution in [0.25, 0.3) is 11.3 Å². The summed E-state index contributed by atoms with van der Waals surface area (Å²) in [5.41, 5.74) is 5.06. The van der Waals surface area contributed by atoms with E-state index in [1.54, 1.807) is 0 Å². The highest BCUT2D eigenvalue weighted by molar-refractivity contribution is 7.12. The summed E-state index contributed by atoms with van der Waals surface area (Å²) in [5, 5.41) is 4.72. The minimum Gasteiger partial charge on any atom is -0.316 e. The Balaban J connectivity index is 2.08. The normalized spacial score (nSPS) is 11.3. The van der Waals surface area contributed by atoms with Crippen molar-refractivity contribution in [3.05, 3.63) is 39.2 Å². The minimum absolute atomic E-state index is 0.703. The van der Waals surface area contributed by atoms with Crippen LogP contribution in [0.1, 0.15) is 34.9 Å². The van der Waals surface area contributed by atoms with Crippen LogP contribution in [0.15, 0.2) is 18.2 Å². The van der Waals surface area contributed by atoms with E-state index in [0.29, 0.717) is 5.92 Å². The maximum Gasteiger partial charge on any atom is 0.0948 e. The number of aromatic nitrogens is 1. The van der Waals surface area contributed by atoms with Crippen LogP contribution < -0.4 is 5.32 Å². The third-order valence-corrected chi connectivity index (χ3v) is 4.58. The van der Waals surface area contributed by atoms with Gasteiger partial charge >= 0.3 is 0 Å². The molecular weight excluding hydrogens is 276 g/mol. The predicted molar refractivity (Wildman–Crippen MR) is 93.2 cm³/mol. The summed E-state index contributed by atoms with van der Waals surface area (Å²) < 4.78 is 0. The largest absolute Gasteiger partial charge is 0.316 e. The van der Waals surface area contributed by atoms with Crippen LogP contribution in [-0.2, 0) is 6.42 Å². The zero-order valence-corrected chi connectivity index (χ0v) is 14.6. The lowest BCUT2D eigenvalue weighted by Crippen LogP contribution is -2.22. The van der Waals surface area contributed by atoms with Crippen LogP contribution in [-0.4, -0.2) is 18.1 Å². The van der Waals surface area contributed by atoms with Gasteiger partial charge < -0.3 is 5.32 Å². The van der Waals surface area contributed by atoms with Crippen LogP contribution in [0.3, 0.4) is 0 Å². The highest BCUT2D eigenvalue weighted by atomic mass is 32.1. The van der Waals surface area contributed by atoms with Gasteiger partial charge in [0.15, 0.2) is 0 Å². The molecule has 21 heavy (non-hydrogen) atoms. The third-order valence-electron chi connectivity index (χ3n) is 3.55. The van der Waals surface area contributed by atoms with Gasteiger partial charge in [-0.05, 0) is 38.8 Å². The number of nitrogens with zero attached hydrogens (tertiary/aromatic N) is 1. The van der Waals surface area contributed by atoms with Gasteiger partial charge in [0, 0.05) is 23.4 Å². The Bertz CT molecular complexity index is 599. The topological polar surface area (TPSA) is 24.9 Å². The standard InChI is InChI=1S/C18H26N2S/c1-12(2)11-19-9-8-17-20-18(15(5)21-17)16-7-6-13(3)10-14(16)4/h6-7,10,12,19H,8-9,11H2,1-5H3. The first-order valence-corrected chi connectivity index (χ1v) is 8.53. The minimum atomic E-state index is 0.703. The SMILES string of the molecule is Cc1ccc(-c2nc(CCNCC(C)C)sc2C)c(C)c1. The van der Waals surface area contributed by atoms with Gasteiger partial charge in [-0.3, -0.25) is 0 Å². The van der Waals surface area contributed by atoms with Crippen LogP contribution in [0.2, 0.25) is 0 Å². The zero-order valence-electron chi connectivity index (χ0n) is 13.8. The molecule has 2 aromatic rings. The number of hydrogen-bond donors (Lipinski definition) is 1. The molecule has 114 valence electrons. The molecule has 0 atom stereocenters. The number of benzene rings is 1. The van der Waals surface area contributed by atoms with E-state index >= 15 is 0 Å². The van der Waals surface area contributed by atoms with Gasteiger partial charge in [-0.25, -0.2) is 4.98 Å². The quantitative estimate of drug-likeness (QED) is 0.793. The summed E-state index contributed by atoms with van der Waals surface area (Å²) >= 11 is 1.83. The van der Waals surface area contributed by atoms with Crippen molar-refractivity contribution in [3.8, 4) is 11.3 Å². The molecule has 0 aliphatic rings. The van der Waals surface area contributed by atoms with Crippen LogP contribution in [0.4, 0.5) is 0 Å². The van der Waals surface area contributed by atoms with Crippen molar-refractivity contribution in [2.24, 2.45) is 5.92 Å². The monoisotopic (exact) mass is 302 g/mol. The molecule has 0 saturated heterocycles.